The van der Waals surface area contributed by atoms with Crippen molar-refractivity contribution in [2.45, 2.75) is 13.3 Å². The summed E-state index contributed by atoms with van der Waals surface area (Å²) in [7, 11) is 1.83. The van der Waals surface area contributed by atoms with Crippen molar-refractivity contribution in [1.82, 2.24) is 10.2 Å². The predicted molar refractivity (Wildman–Crippen MR) is 39.8 cm³/mol. The van der Waals surface area contributed by atoms with E-state index in [0.29, 0.717) is 5.92 Å². The maximum Gasteiger partial charge on any atom is 0.317 e. The molecule has 1 unspecified atom stereocenters. The second-order valence-corrected chi connectivity index (χ2v) is 2.84. The smallest absolute Gasteiger partial charge is 0.317 e. The molecule has 1 atom stereocenters. The fourth-order valence-corrected chi connectivity index (χ4v) is 1.17. The van der Waals surface area contributed by atoms with Crippen LogP contribution < -0.4 is 5.32 Å². The van der Waals surface area contributed by atoms with E-state index < -0.39 is 0 Å². The Hall–Kier alpha value is -0.730. The van der Waals surface area contributed by atoms with Crippen LogP contribution >= 0.6 is 0 Å². The molecule has 1 aliphatic heterocycles. The lowest BCUT2D eigenvalue weighted by Crippen LogP contribution is -2.48. The van der Waals surface area contributed by atoms with Crippen LogP contribution in [0.4, 0.5) is 4.79 Å². The molecule has 1 aliphatic rings. The van der Waals surface area contributed by atoms with Crippen LogP contribution in [-0.4, -0.2) is 31.1 Å². The van der Waals surface area contributed by atoms with E-state index in [1.807, 2.05) is 7.05 Å². The lowest BCUT2D eigenvalue weighted by atomic mass is 10.1. The van der Waals surface area contributed by atoms with Gasteiger partial charge in [0.15, 0.2) is 0 Å². The number of urea groups is 1. The molecule has 0 aromatic heterocycles. The fraction of sp³-hybridized carbons (Fsp3) is 0.857. The number of carbonyl (C=O) groups is 1. The Kier molecular flexibility index (Phi) is 2.14. The summed E-state index contributed by atoms with van der Waals surface area (Å²) in [6.45, 7) is 3.90. The first-order chi connectivity index (χ1) is 4.74. The third kappa shape index (κ3) is 1.40. The zero-order chi connectivity index (χ0) is 7.56. The molecule has 0 aromatic rings. The molecule has 1 N–H and O–H groups in total. The monoisotopic (exact) mass is 142 g/mol. The maximum atomic E-state index is 10.9. The molecule has 0 aliphatic carbocycles. The van der Waals surface area contributed by atoms with Gasteiger partial charge in [0.1, 0.15) is 0 Å². The van der Waals surface area contributed by atoms with Gasteiger partial charge in [-0.2, -0.15) is 0 Å². The highest BCUT2D eigenvalue weighted by Gasteiger charge is 2.19. The number of carbonyl (C=O) groups excluding carboxylic acids is 1. The molecule has 1 saturated heterocycles. The predicted octanol–water partition coefficient (Wildman–Crippen LogP) is 0.668. The molecule has 0 radical (unpaired) electrons. The van der Waals surface area contributed by atoms with Crippen LogP contribution in [0.15, 0.2) is 0 Å². The first kappa shape index (κ1) is 7.38. The summed E-state index contributed by atoms with van der Waals surface area (Å²) in [5.74, 6) is 0.641. The Morgan fingerprint density at radius 2 is 2.50 bits per heavy atom. The molecule has 1 fully saturated rings. The van der Waals surface area contributed by atoms with Gasteiger partial charge in [0, 0.05) is 20.1 Å². The summed E-state index contributed by atoms with van der Waals surface area (Å²) < 4.78 is 0. The second-order valence-electron chi connectivity index (χ2n) is 2.84. The van der Waals surface area contributed by atoms with Gasteiger partial charge >= 0.3 is 6.03 Å². The van der Waals surface area contributed by atoms with Crippen molar-refractivity contribution in [3.63, 3.8) is 0 Å². The molecule has 10 heavy (non-hydrogen) atoms. The van der Waals surface area contributed by atoms with Crippen LogP contribution in [0.25, 0.3) is 0 Å². The summed E-state index contributed by atoms with van der Waals surface area (Å²) >= 11 is 0. The van der Waals surface area contributed by atoms with E-state index >= 15 is 0 Å². The van der Waals surface area contributed by atoms with Crippen molar-refractivity contribution in [2.75, 3.05) is 20.1 Å². The molecule has 0 spiro atoms. The Bertz CT molecular complexity index is 136. The molecule has 0 aromatic carbocycles. The number of hydrogen-bond donors (Lipinski definition) is 1. The molecule has 3 nitrogen and oxygen atoms in total. The van der Waals surface area contributed by atoms with Crippen LogP contribution in [0.2, 0.25) is 0 Å². The van der Waals surface area contributed by atoms with E-state index in [1.54, 1.807) is 4.90 Å². The van der Waals surface area contributed by atoms with E-state index in [9.17, 15) is 4.79 Å². The van der Waals surface area contributed by atoms with Gasteiger partial charge in [-0.1, -0.05) is 6.92 Å². The summed E-state index contributed by atoms with van der Waals surface area (Å²) in [5.41, 5.74) is 0. The molecular formula is C7H14N2O. The van der Waals surface area contributed by atoms with Crippen molar-refractivity contribution >= 4 is 6.03 Å². The highest BCUT2D eigenvalue weighted by molar-refractivity contribution is 5.74. The van der Waals surface area contributed by atoms with Crippen LogP contribution in [0.3, 0.4) is 0 Å². The Morgan fingerprint density at radius 3 is 3.00 bits per heavy atom. The van der Waals surface area contributed by atoms with Crippen molar-refractivity contribution < 1.29 is 4.79 Å². The quantitative estimate of drug-likeness (QED) is 0.573. The van der Waals surface area contributed by atoms with E-state index in [0.717, 1.165) is 19.5 Å². The van der Waals surface area contributed by atoms with Crippen molar-refractivity contribution in [2.24, 2.45) is 5.92 Å². The number of rotatable bonds is 1. The highest BCUT2D eigenvalue weighted by Crippen LogP contribution is 2.07. The Balaban J connectivity index is 2.40. The van der Waals surface area contributed by atoms with Crippen molar-refractivity contribution in [3.8, 4) is 0 Å². The lowest BCUT2D eigenvalue weighted by Gasteiger charge is -2.29. The van der Waals surface area contributed by atoms with Crippen molar-refractivity contribution in [1.29, 1.82) is 0 Å². The van der Waals surface area contributed by atoms with Crippen molar-refractivity contribution in [3.05, 3.63) is 0 Å². The second kappa shape index (κ2) is 2.90. The molecule has 1 heterocycles. The van der Waals surface area contributed by atoms with Gasteiger partial charge in [-0.15, -0.1) is 0 Å². The highest BCUT2D eigenvalue weighted by atomic mass is 16.2. The summed E-state index contributed by atoms with van der Waals surface area (Å²) in [4.78, 5) is 12.6. The SMILES string of the molecule is CCC1CNC(=O)N(C)C1. The average Bonchev–Trinajstić information content (AvgIpc) is 1.95. The van der Waals surface area contributed by atoms with Gasteiger partial charge < -0.3 is 10.2 Å². The maximum absolute atomic E-state index is 10.9. The topological polar surface area (TPSA) is 32.3 Å². The van der Waals surface area contributed by atoms with E-state index in [-0.39, 0.29) is 6.03 Å². The average molecular weight is 142 g/mol. The largest absolute Gasteiger partial charge is 0.338 e. The third-order valence-corrected chi connectivity index (χ3v) is 2.00. The van der Waals surface area contributed by atoms with Crippen LogP contribution in [0.5, 0.6) is 0 Å². The van der Waals surface area contributed by atoms with Gasteiger partial charge in [0.05, 0.1) is 0 Å². The molecule has 0 bridgehead atoms. The summed E-state index contributed by atoms with van der Waals surface area (Å²) in [5, 5.41) is 2.82. The van der Waals surface area contributed by atoms with Gasteiger partial charge in [-0.05, 0) is 12.3 Å². The van der Waals surface area contributed by atoms with E-state index in [4.69, 9.17) is 0 Å². The number of nitrogens with one attached hydrogen (secondary N) is 1. The van der Waals surface area contributed by atoms with E-state index in [1.165, 1.54) is 0 Å². The van der Waals surface area contributed by atoms with Crippen LogP contribution in [0, 0.1) is 5.92 Å². The normalized spacial score (nSPS) is 26.4. The van der Waals surface area contributed by atoms with Gasteiger partial charge in [0.25, 0.3) is 0 Å². The third-order valence-electron chi connectivity index (χ3n) is 2.00. The standard InChI is InChI=1S/C7H14N2O/c1-3-6-4-8-7(10)9(2)5-6/h6H,3-5H2,1-2H3,(H,8,10). The Morgan fingerprint density at radius 1 is 1.80 bits per heavy atom. The minimum Gasteiger partial charge on any atom is -0.338 e. The summed E-state index contributed by atoms with van der Waals surface area (Å²) in [6.07, 6.45) is 1.14. The minimum absolute atomic E-state index is 0.0599. The molecule has 58 valence electrons. The number of amides is 2. The first-order valence-corrected chi connectivity index (χ1v) is 3.73. The molecule has 3 heteroatoms. The molecule has 0 saturated carbocycles. The Labute approximate surface area is 61.4 Å². The van der Waals surface area contributed by atoms with Gasteiger partial charge in [-0.3, -0.25) is 0 Å². The van der Waals surface area contributed by atoms with Crippen LogP contribution in [-0.2, 0) is 0 Å². The zero-order valence-corrected chi connectivity index (χ0v) is 6.55. The minimum atomic E-state index is 0.0599. The summed E-state index contributed by atoms with van der Waals surface area (Å²) in [6, 6.07) is 0.0599. The van der Waals surface area contributed by atoms with Gasteiger partial charge in [-0.25, -0.2) is 4.79 Å². The zero-order valence-electron chi connectivity index (χ0n) is 6.55. The first-order valence-electron chi connectivity index (χ1n) is 3.73. The lowest BCUT2D eigenvalue weighted by molar-refractivity contribution is 0.180. The molecule has 1 rings (SSSR count). The molecular weight excluding hydrogens is 128 g/mol. The van der Waals surface area contributed by atoms with Gasteiger partial charge in [0.2, 0.25) is 0 Å². The number of hydrogen-bond acceptors (Lipinski definition) is 1. The molecule has 2 amide bonds. The van der Waals surface area contributed by atoms with Crippen LogP contribution in [0.1, 0.15) is 13.3 Å². The fourth-order valence-electron chi connectivity index (χ4n) is 1.17. The van der Waals surface area contributed by atoms with E-state index in [2.05, 4.69) is 12.2 Å². The number of nitrogens with zero attached hydrogens (tertiary/aromatic N) is 1.